The minimum atomic E-state index is -4.77. The Morgan fingerprint density at radius 2 is 1.67 bits per heavy atom. The third-order valence-electron chi connectivity index (χ3n) is 3.35. The van der Waals surface area contributed by atoms with Gasteiger partial charge in [0.05, 0.1) is 16.0 Å². The molecule has 9 heteroatoms. The largest absolute Gasteiger partial charge is 0.478 e. The summed E-state index contributed by atoms with van der Waals surface area (Å²) in [7, 11) is 1.17. The molecule has 0 fully saturated rings. The van der Waals surface area contributed by atoms with Crippen LogP contribution in [0.25, 0.3) is 11.1 Å². The van der Waals surface area contributed by atoms with Crippen LogP contribution in [0.1, 0.15) is 21.5 Å². The number of aromatic carboxylic acids is 1. The van der Waals surface area contributed by atoms with Crippen molar-refractivity contribution in [1.82, 2.24) is 0 Å². The van der Waals surface area contributed by atoms with Crippen LogP contribution in [-0.4, -0.2) is 19.5 Å². The fraction of sp³-hybridized carbons (Fsp3) is 0.133. The summed E-state index contributed by atoms with van der Waals surface area (Å²) in [4.78, 5) is 10.8. The first-order valence-electron chi connectivity index (χ1n) is 6.41. The molecular formula is C15H10ClF3O4S. The van der Waals surface area contributed by atoms with Crippen molar-refractivity contribution >= 4 is 25.7 Å². The number of halogens is 4. The molecule has 0 saturated carbocycles. The molecule has 0 unspecified atom stereocenters. The topological polar surface area (TPSA) is 71.4 Å². The van der Waals surface area contributed by atoms with Crippen molar-refractivity contribution < 1.29 is 31.5 Å². The minimum absolute atomic E-state index is 0.0893. The van der Waals surface area contributed by atoms with Crippen LogP contribution in [0.2, 0.25) is 0 Å². The van der Waals surface area contributed by atoms with Gasteiger partial charge >= 0.3 is 12.1 Å². The van der Waals surface area contributed by atoms with Crippen molar-refractivity contribution in [3.8, 4) is 11.1 Å². The molecule has 128 valence electrons. The predicted octanol–water partition coefficient (Wildman–Crippen LogP) is 4.31. The number of alkyl halides is 3. The standard InChI is InChI=1S/C15H10ClF3O4S/c1-8-6-12(9-2-4-10(5-3-9)24(16,22)23)13(15(17,18)19)7-11(8)14(20)21/h2-7H,1H3,(H,20,21). The van der Waals surface area contributed by atoms with Gasteiger partial charge in [-0.1, -0.05) is 12.1 Å². The van der Waals surface area contributed by atoms with E-state index >= 15 is 0 Å². The zero-order valence-corrected chi connectivity index (χ0v) is 13.6. The SMILES string of the molecule is Cc1cc(-c2ccc(S(=O)(=O)Cl)cc2)c(C(F)(F)F)cc1C(=O)O. The average molecular weight is 379 g/mol. The second-order valence-electron chi connectivity index (χ2n) is 4.98. The molecule has 0 spiro atoms. The van der Waals surface area contributed by atoms with E-state index in [9.17, 15) is 26.4 Å². The maximum atomic E-state index is 13.3. The lowest BCUT2D eigenvalue weighted by Crippen LogP contribution is -2.11. The van der Waals surface area contributed by atoms with Gasteiger partial charge in [0.25, 0.3) is 9.05 Å². The summed E-state index contributed by atoms with van der Waals surface area (Å²) in [6.07, 6.45) is -4.77. The summed E-state index contributed by atoms with van der Waals surface area (Å²) in [6, 6.07) is 6.20. The first-order valence-corrected chi connectivity index (χ1v) is 8.72. The fourth-order valence-corrected chi connectivity index (χ4v) is 2.98. The van der Waals surface area contributed by atoms with Gasteiger partial charge in [-0.3, -0.25) is 0 Å². The maximum absolute atomic E-state index is 13.3. The monoisotopic (exact) mass is 378 g/mol. The summed E-state index contributed by atoms with van der Waals surface area (Å²) in [6.45, 7) is 1.38. The highest BCUT2D eigenvalue weighted by molar-refractivity contribution is 8.13. The summed E-state index contributed by atoms with van der Waals surface area (Å²) in [5.74, 6) is -1.46. The summed E-state index contributed by atoms with van der Waals surface area (Å²) < 4.78 is 62.2. The van der Waals surface area contributed by atoms with E-state index in [2.05, 4.69) is 0 Å². The van der Waals surface area contributed by atoms with Gasteiger partial charge in [-0.05, 0) is 47.9 Å². The van der Waals surface area contributed by atoms with E-state index in [1.165, 1.54) is 19.1 Å². The first kappa shape index (κ1) is 18.3. The van der Waals surface area contributed by atoms with Gasteiger partial charge < -0.3 is 5.11 Å². The Balaban J connectivity index is 2.69. The van der Waals surface area contributed by atoms with E-state index in [-0.39, 0.29) is 21.6 Å². The number of benzene rings is 2. The van der Waals surface area contributed by atoms with Crippen molar-refractivity contribution in [2.75, 3.05) is 0 Å². The van der Waals surface area contributed by atoms with Crippen LogP contribution in [0, 0.1) is 6.92 Å². The van der Waals surface area contributed by atoms with Crippen molar-refractivity contribution in [3.05, 3.63) is 53.1 Å². The molecule has 24 heavy (non-hydrogen) atoms. The molecule has 1 N–H and O–H groups in total. The fourth-order valence-electron chi connectivity index (χ4n) is 2.21. The number of hydrogen-bond donors (Lipinski definition) is 1. The van der Waals surface area contributed by atoms with Crippen LogP contribution in [0.5, 0.6) is 0 Å². The highest BCUT2D eigenvalue weighted by atomic mass is 35.7. The Kier molecular flexibility index (Phi) is 4.65. The van der Waals surface area contributed by atoms with E-state index in [4.69, 9.17) is 15.8 Å². The van der Waals surface area contributed by atoms with Gasteiger partial charge in [-0.2, -0.15) is 13.2 Å². The van der Waals surface area contributed by atoms with E-state index in [0.29, 0.717) is 6.07 Å². The number of carboxylic acids is 1. The number of aryl methyl sites for hydroxylation is 1. The summed E-state index contributed by atoms with van der Waals surface area (Å²) in [5, 5.41) is 8.99. The van der Waals surface area contributed by atoms with Gasteiger partial charge in [0.1, 0.15) is 0 Å². The molecule has 0 amide bonds. The lowest BCUT2D eigenvalue weighted by molar-refractivity contribution is -0.137. The molecule has 0 aromatic heterocycles. The Morgan fingerprint density at radius 3 is 2.08 bits per heavy atom. The molecule has 2 aromatic carbocycles. The van der Waals surface area contributed by atoms with Crippen LogP contribution in [0.4, 0.5) is 13.2 Å². The summed E-state index contributed by atoms with van der Waals surface area (Å²) in [5.41, 5.74) is -1.58. The van der Waals surface area contributed by atoms with Crippen LogP contribution in [-0.2, 0) is 15.2 Å². The molecular weight excluding hydrogens is 369 g/mol. The van der Waals surface area contributed by atoms with Crippen LogP contribution in [0.15, 0.2) is 41.3 Å². The summed E-state index contributed by atoms with van der Waals surface area (Å²) >= 11 is 0. The lowest BCUT2D eigenvalue weighted by Gasteiger charge is -2.16. The molecule has 0 aliphatic carbocycles. The lowest BCUT2D eigenvalue weighted by atomic mass is 9.94. The smallest absolute Gasteiger partial charge is 0.417 e. The average Bonchev–Trinajstić information content (AvgIpc) is 2.44. The Morgan fingerprint density at radius 1 is 1.12 bits per heavy atom. The number of rotatable bonds is 3. The van der Waals surface area contributed by atoms with Crippen molar-refractivity contribution in [2.24, 2.45) is 0 Å². The molecule has 0 saturated heterocycles. The number of carboxylic acid groups (broad SMARTS) is 1. The van der Waals surface area contributed by atoms with E-state index < -0.39 is 32.3 Å². The third-order valence-corrected chi connectivity index (χ3v) is 4.72. The van der Waals surface area contributed by atoms with Crippen LogP contribution in [0.3, 0.4) is 0 Å². The molecule has 0 bridgehead atoms. The molecule has 0 heterocycles. The Hall–Kier alpha value is -2.06. The van der Waals surface area contributed by atoms with Crippen molar-refractivity contribution in [3.63, 3.8) is 0 Å². The normalized spacial score (nSPS) is 12.2. The molecule has 0 atom stereocenters. The van der Waals surface area contributed by atoms with Gasteiger partial charge in [0.15, 0.2) is 0 Å². The van der Waals surface area contributed by atoms with Gasteiger partial charge in [0.2, 0.25) is 0 Å². The van der Waals surface area contributed by atoms with E-state index in [1.54, 1.807) is 0 Å². The van der Waals surface area contributed by atoms with E-state index in [0.717, 1.165) is 18.2 Å². The molecule has 0 aliphatic rings. The second kappa shape index (κ2) is 6.10. The Bertz CT molecular complexity index is 904. The zero-order chi connectivity index (χ0) is 18.3. The van der Waals surface area contributed by atoms with Crippen LogP contribution < -0.4 is 0 Å². The molecule has 4 nitrogen and oxygen atoms in total. The molecule has 2 aromatic rings. The predicted molar refractivity (Wildman–Crippen MR) is 81.6 cm³/mol. The number of hydrogen-bond acceptors (Lipinski definition) is 3. The van der Waals surface area contributed by atoms with E-state index in [1.807, 2.05) is 0 Å². The first-order chi connectivity index (χ1) is 10.9. The third kappa shape index (κ3) is 3.70. The molecule has 0 radical (unpaired) electrons. The molecule has 2 rings (SSSR count). The highest BCUT2D eigenvalue weighted by Crippen LogP contribution is 2.39. The Labute approximate surface area is 139 Å². The minimum Gasteiger partial charge on any atom is -0.478 e. The zero-order valence-electron chi connectivity index (χ0n) is 12.1. The molecule has 0 aliphatic heterocycles. The highest BCUT2D eigenvalue weighted by Gasteiger charge is 2.35. The van der Waals surface area contributed by atoms with Crippen molar-refractivity contribution in [1.29, 1.82) is 0 Å². The second-order valence-corrected chi connectivity index (χ2v) is 7.54. The van der Waals surface area contributed by atoms with Crippen molar-refractivity contribution in [2.45, 2.75) is 18.0 Å². The van der Waals surface area contributed by atoms with Crippen LogP contribution >= 0.6 is 10.7 Å². The maximum Gasteiger partial charge on any atom is 0.417 e. The quantitative estimate of drug-likeness (QED) is 0.808. The number of carbonyl (C=O) groups is 1. The van der Waals surface area contributed by atoms with Gasteiger partial charge in [-0.15, -0.1) is 0 Å². The van der Waals surface area contributed by atoms with Gasteiger partial charge in [-0.25, -0.2) is 13.2 Å². The van der Waals surface area contributed by atoms with Gasteiger partial charge in [0, 0.05) is 10.7 Å².